The second-order valence-electron chi connectivity index (χ2n) is 4.29. The summed E-state index contributed by atoms with van der Waals surface area (Å²) in [5.41, 5.74) is 7.52. The number of hydrogen-bond donors (Lipinski definition) is 2. The molecule has 104 valence electrons. The molecule has 2 aromatic rings. The van der Waals surface area contributed by atoms with Gasteiger partial charge in [-0.15, -0.1) is 0 Å². The largest absolute Gasteiger partial charge is 0.397 e. The summed E-state index contributed by atoms with van der Waals surface area (Å²) in [4.78, 5) is 12.1. The highest BCUT2D eigenvalue weighted by molar-refractivity contribution is 9.10. The SMILES string of the molecule is Cc1cc(N)c(NC(=O)c2ccc(Cl)cc2F)c(Br)c1. The maximum Gasteiger partial charge on any atom is 0.258 e. The van der Waals surface area contributed by atoms with E-state index < -0.39 is 11.7 Å². The molecule has 3 nitrogen and oxygen atoms in total. The topological polar surface area (TPSA) is 55.1 Å². The summed E-state index contributed by atoms with van der Waals surface area (Å²) in [6, 6.07) is 7.39. The molecular formula is C14H11BrClFN2O. The Balaban J connectivity index is 2.33. The molecule has 0 fully saturated rings. The van der Waals surface area contributed by atoms with Crippen LogP contribution in [0.1, 0.15) is 15.9 Å². The lowest BCUT2D eigenvalue weighted by Crippen LogP contribution is -2.15. The van der Waals surface area contributed by atoms with E-state index in [1.165, 1.54) is 12.1 Å². The molecule has 0 spiro atoms. The van der Waals surface area contributed by atoms with Crippen LogP contribution in [0.4, 0.5) is 15.8 Å². The number of carbonyl (C=O) groups is 1. The minimum Gasteiger partial charge on any atom is -0.397 e. The van der Waals surface area contributed by atoms with Crippen LogP contribution >= 0.6 is 27.5 Å². The molecule has 0 saturated carbocycles. The molecule has 6 heteroatoms. The van der Waals surface area contributed by atoms with Gasteiger partial charge in [0.1, 0.15) is 5.82 Å². The number of carbonyl (C=O) groups excluding carboxylic acids is 1. The smallest absolute Gasteiger partial charge is 0.258 e. The molecule has 3 N–H and O–H groups in total. The van der Waals surface area contributed by atoms with E-state index in [0.29, 0.717) is 15.8 Å². The van der Waals surface area contributed by atoms with E-state index in [9.17, 15) is 9.18 Å². The van der Waals surface area contributed by atoms with Gasteiger partial charge in [0.2, 0.25) is 0 Å². The second-order valence-corrected chi connectivity index (χ2v) is 5.58. The first-order valence-corrected chi connectivity index (χ1v) is 6.87. The molecule has 0 heterocycles. The Kier molecular flexibility index (Phi) is 4.30. The first-order chi connectivity index (χ1) is 9.38. The van der Waals surface area contributed by atoms with Crippen molar-refractivity contribution in [2.45, 2.75) is 6.92 Å². The number of nitrogens with one attached hydrogen (secondary N) is 1. The van der Waals surface area contributed by atoms with Crippen LogP contribution < -0.4 is 11.1 Å². The predicted octanol–water partition coefficient (Wildman–Crippen LogP) is 4.38. The van der Waals surface area contributed by atoms with Crippen LogP contribution in [-0.4, -0.2) is 5.91 Å². The van der Waals surface area contributed by atoms with Crippen LogP contribution in [0.15, 0.2) is 34.8 Å². The van der Waals surface area contributed by atoms with Crippen LogP contribution in [0.25, 0.3) is 0 Å². The maximum absolute atomic E-state index is 13.7. The predicted molar refractivity (Wildman–Crippen MR) is 82.7 cm³/mol. The molecule has 0 bridgehead atoms. The summed E-state index contributed by atoms with van der Waals surface area (Å²) < 4.78 is 14.3. The molecule has 0 aliphatic heterocycles. The summed E-state index contributed by atoms with van der Waals surface area (Å²) in [6.45, 7) is 1.88. The number of benzene rings is 2. The Morgan fingerprint density at radius 3 is 2.65 bits per heavy atom. The molecule has 0 aromatic heterocycles. The first-order valence-electron chi connectivity index (χ1n) is 5.70. The summed E-state index contributed by atoms with van der Waals surface area (Å²) in [6.07, 6.45) is 0. The van der Waals surface area contributed by atoms with Crippen molar-refractivity contribution in [2.75, 3.05) is 11.1 Å². The van der Waals surface area contributed by atoms with E-state index in [4.69, 9.17) is 17.3 Å². The number of anilines is 2. The summed E-state index contributed by atoms with van der Waals surface area (Å²) in [5, 5.41) is 2.82. The second kappa shape index (κ2) is 5.81. The molecule has 0 radical (unpaired) electrons. The number of hydrogen-bond acceptors (Lipinski definition) is 2. The monoisotopic (exact) mass is 356 g/mol. The zero-order valence-electron chi connectivity index (χ0n) is 10.5. The Bertz CT molecular complexity index is 668. The minimum absolute atomic E-state index is 0.0960. The molecular weight excluding hydrogens is 347 g/mol. The normalized spacial score (nSPS) is 10.4. The third kappa shape index (κ3) is 3.11. The Morgan fingerprint density at radius 1 is 1.35 bits per heavy atom. The fourth-order valence-corrected chi connectivity index (χ4v) is 2.60. The Hall–Kier alpha value is -1.59. The highest BCUT2D eigenvalue weighted by Crippen LogP contribution is 2.30. The zero-order valence-corrected chi connectivity index (χ0v) is 12.8. The molecule has 20 heavy (non-hydrogen) atoms. The van der Waals surface area contributed by atoms with Crippen molar-refractivity contribution in [2.24, 2.45) is 0 Å². The Labute approximate surface area is 129 Å². The lowest BCUT2D eigenvalue weighted by atomic mass is 10.1. The maximum atomic E-state index is 13.7. The van der Waals surface area contributed by atoms with Gasteiger partial charge in [-0.1, -0.05) is 11.6 Å². The van der Waals surface area contributed by atoms with Gasteiger partial charge in [0.25, 0.3) is 5.91 Å². The fourth-order valence-electron chi connectivity index (χ4n) is 1.76. The standard InChI is InChI=1S/C14H11BrClFN2O/c1-7-4-10(15)13(12(18)5-7)19-14(20)9-3-2-8(16)6-11(9)17/h2-6H,18H2,1H3,(H,19,20). The quantitative estimate of drug-likeness (QED) is 0.783. The van der Waals surface area contributed by atoms with Crippen molar-refractivity contribution in [1.82, 2.24) is 0 Å². The van der Waals surface area contributed by atoms with Gasteiger partial charge in [-0.2, -0.15) is 0 Å². The molecule has 0 aliphatic carbocycles. The number of halogens is 3. The van der Waals surface area contributed by atoms with E-state index >= 15 is 0 Å². The van der Waals surface area contributed by atoms with Crippen LogP contribution in [0.3, 0.4) is 0 Å². The van der Waals surface area contributed by atoms with Gasteiger partial charge >= 0.3 is 0 Å². The van der Waals surface area contributed by atoms with Crippen molar-refractivity contribution >= 4 is 44.8 Å². The van der Waals surface area contributed by atoms with Crippen molar-refractivity contribution in [3.8, 4) is 0 Å². The lowest BCUT2D eigenvalue weighted by molar-refractivity contribution is 0.102. The highest BCUT2D eigenvalue weighted by Gasteiger charge is 2.15. The molecule has 0 aliphatic rings. The van der Waals surface area contributed by atoms with Crippen LogP contribution in [0.5, 0.6) is 0 Å². The van der Waals surface area contributed by atoms with Gasteiger partial charge in [-0.3, -0.25) is 4.79 Å². The molecule has 1 amide bonds. The Morgan fingerprint density at radius 2 is 2.05 bits per heavy atom. The van der Waals surface area contributed by atoms with Gasteiger partial charge < -0.3 is 11.1 Å². The van der Waals surface area contributed by atoms with Gasteiger partial charge in [-0.05, 0) is 58.7 Å². The third-order valence-corrected chi connectivity index (χ3v) is 3.54. The van der Waals surface area contributed by atoms with Crippen LogP contribution in [-0.2, 0) is 0 Å². The molecule has 0 atom stereocenters. The van der Waals surface area contributed by atoms with Gasteiger partial charge in [-0.25, -0.2) is 4.39 Å². The summed E-state index contributed by atoms with van der Waals surface area (Å²) in [5.74, 6) is -1.27. The van der Waals surface area contributed by atoms with Crippen molar-refractivity contribution < 1.29 is 9.18 Å². The van der Waals surface area contributed by atoms with Gasteiger partial charge in [0.05, 0.1) is 16.9 Å². The number of rotatable bonds is 2. The molecule has 2 aromatic carbocycles. The first kappa shape index (κ1) is 14.8. The van der Waals surface area contributed by atoms with Gasteiger partial charge in [0, 0.05) is 9.50 Å². The lowest BCUT2D eigenvalue weighted by Gasteiger charge is -2.12. The molecule has 2 rings (SSSR count). The number of nitrogens with two attached hydrogens (primary N) is 1. The number of nitrogen functional groups attached to an aromatic ring is 1. The van der Waals surface area contributed by atoms with E-state index in [0.717, 1.165) is 11.6 Å². The van der Waals surface area contributed by atoms with Crippen molar-refractivity contribution in [3.63, 3.8) is 0 Å². The number of aryl methyl sites for hydroxylation is 1. The van der Waals surface area contributed by atoms with Crippen LogP contribution in [0, 0.1) is 12.7 Å². The number of amides is 1. The van der Waals surface area contributed by atoms with E-state index in [-0.39, 0.29) is 10.6 Å². The van der Waals surface area contributed by atoms with Gasteiger partial charge in [0.15, 0.2) is 0 Å². The van der Waals surface area contributed by atoms with Crippen LogP contribution in [0.2, 0.25) is 5.02 Å². The average molecular weight is 358 g/mol. The van der Waals surface area contributed by atoms with E-state index in [1.807, 2.05) is 13.0 Å². The third-order valence-electron chi connectivity index (χ3n) is 2.68. The summed E-state index contributed by atoms with van der Waals surface area (Å²) in [7, 11) is 0. The van der Waals surface area contributed by atoms with E-state index in [2.05, 4.69) is 21.2 Å². The molecule has 0 unspecified atom stereocenters. The molecule has 0 saturated heterocycles. The summed E-state index contributed by atoms with van der Waals surface area (Å²) >= 11 is 8.97. The van der Waals surface area contributed by atoms with E-state index in [1.54, 1.807) is 6.07 Å². The minimum atomic E-state index is -0.684. The zero-order chi connectivity index (χ0) is 14.9. The van der Waals surface area contributed by atoms with Crippen molar-refractivity contribution in [1.29, 1.82) is 0 Å². The fraction of sp³-hybridized carbons (Fsp3) is 0.0714. The highest BCUT2D eigenvalue weighted by atomic mass is 79.9. The average Bonchev–Trinajstić information content (AvgIpc) is 2.33. The van der Waals surface area contributed by atoms with Crippen molar-refractivity contribution in [3.05, 3.63) is 56.8 Å².